The predicted molar refractivity (Wildman–Crippen MR) is 93.2 cm³/mol. The molecule has 24 heavy (non-hydrogen) atoms. The van der Waals surface area contributed by atoms with Crippen LogP contribution >= 0.6 is 11.8 Å². The van der Waals surface area contributed by atoms with Crippen molar-refractivity contribution in [3.63, 3.8) is 0 Å². The summed E-state index contributed by atoms with van der Waals surface area (Å²) in [7, 11) is -2.01. The van der Waals surface area contributed by atoms with Crippen molar-refractivity contribution < 1.29 is 17.9 Å². The molecule has 0 saturated heterocycles. The van der Waals surface area contributed by atoms with E-state index in [4.69, 9.17) is 10.5 Å². The van der Waals surface area contributed by atoms with Crippen LogP contribution in [0.1, 0.15) is 0 Å². The van der Waals surface area contributed by atoms with Gasteiger partial charge in [0.1, 0.15) is 28.0 Å². The summed E-state index contributed by atoms with van der Waals surface area (Å²) in [4.78, 5) is 12.1. The van der Waals surface area contributed by atoms with E-state index in [1.807, 2.05) is 0 Å². The molecule has 3 N–H and O–H groups in total. The van der Waals surface area contributed by atoms with E-state index < -0.39 is 9.84 Å². The number of carbonyl (C=O) groups excluding carboxylic acids is 1. The van der Waals surface area contributed by atoms with Gasteiger partial charge in [-0.05, 0) is 18.4 Å². The summed E-state index contributed by atoms with van der Waals surface area (Å²) in [5, 5.41) is 7.05. The topological polar surface area (TPSA) is 116 Å². The average Bonchev–Trinajstić information content (AvgIpc) is 2.83. The zero-order valence-electron chi connectivity index (χ0n) is 13.4. The molecule has 2 aromatic rings. The van der Waals surface area contributed by atoms with Gasteiger partial charge in [0.25, 0.3) is 0 Å². The summed E-state index contributed by atoms with van der Waals surface area (Å²) in [5.74, 6) is 0.170. The Labute approximate surface area is 144 Å². The first-order valence-corrected chi connectivity index (χ1v) is 9.92. The number of amides is 1. The number of methoxy groups -OCH3 is 1. The quantitative estimate of drug-likeness (QED) is 0.735. The number of rotatable bonds is 6. The van der Waals surface area contributed by atoms with E-state index in [2.05, 4.69) is 10.4 Å². The average molecular weight is 370 g/mol. The van der Waals surface area contributed by atoms with Crippen LogP contribution < -0.4 is 15.8 Å². The lowest BCUT2D eigenvalue weighted by atomic mass is 10.3. The van der Waals surface area contributed by atoms with E-state index in [0.29, 0.717) is 11.4 Å². The van der Waals surface area contributed by atoms with Crippen LogP contribution in [-0.4, -0.2) is 43.7 Å². The third-order valence-electron chi connectivity index (χ3n) is 3.13. The first kappa shape index (κ1) is 18.1. The second kappa shape index (κ2) is 7.14. The second-order valence-electron chi connectivity index (χ2n) is 4.93. The van der Waals surface area contributed by atoms with Gasteiger partial charge in [0.2, 0.25) is 5.91 Å². The molecule has 0 radical (unpaired) electrons. The van der Waals surface area contributed by atoms with Crippen molar-refractivity contribution in [3.8, 4) is 5.75 Å². The number of carbonyl (C=O) groups is 1. The van der Waals surface area contributed by atoms with Gasteiger partial charge in [0.15, 0.2) is 9.84 Å². The Hall–Kier alpha value is -2.20. The molecule has 0 aliphatic heterocycles. The van der Waals surface area contributed by atoms with Gasteiger partial charge in [-0.2, -0.15) is 5.10 Å². The molecular formula is C14H18N4O4S2. The minimum atomic E-state index is -3.54. The van der Waals surface area contributed by atoms with Crippen LogP contribution in [0.25, 0.3) is 0 Å². The van der Waals surface area contributed by atoms with E-state index in [-0.39, 0.29) is 28.2 Å². The first-order chi connectivity index (χ1) is 11.3. The molecule has 1 aromatic heterocycles. The Morgan fingerprint density at radius 2 is 2.17 bits per heavy atom. The molecule has 0 aliphatic rings. The molecule has 0 aliphatic carbocycles. The molecule has 1 aromatic carbocycles. The number of thioether (sulfide) groups is 1. The molecule has 1 amide bonds. The van der Waals surface area contributed by atoms with Gasteiger partial charge in [0.05, 0.1) is 7.11 Å². The molecule has 10 heteroatoms. The maximum absolute atomic E-state index is 12.2. The summed E-state index contributed by atoms with van der Waals surface area (Å²) >= 11 is 1.15. The standard InChI is InChI=1S/C14H18N4O4S2/c1-22-10-6-4-5-9(7-10)16-11(19)8-18-13(15)12(24(3,20)21)14(17-18)23-2/h4-7H,8,15H2,1-3H3,(H,16,19). The number of benzene rings is 1. The largest absolute Gasteiger partial charge is 0.497 e. The van der Waals surface area contributed by atoms with Crippen LogP contribution in [-0.2, 0) is 21.2 Å². The van der Waals surface area contributed by atoms with Crippen molar-refractivity contribution in [2.24, 2.45) is 0 Å². The highest BCUT2D eigenvalue weighted by atomic mass is 32.2. The Kier molecular flexibility index (Phi) is 5.40. The minimum absolute atomic E-state index is 0.0517. The number of aromatic nitrogens is 2. The van der Waals surface area contributed by atoms with Crippen LogP contribution in [0.4, 0.5) is 11.5 Å². The van der Waals surface area contributed by atoms with Gasteiger partial charge in [0, 0.05) is 18.0 Å². The lowest BCUT2D eigenvalue weighted by molar-refractivity contribution is -0.116. The van der Waals surface area contributed by atoms with Gasteiger partial charge in [-0.15, -0.1) is 11.8 Å². The molecule has 0 bridgehead atoms. The number of nitrogens with two attached hydrogens (primary N) is 1. The number of hydrogen-bond donors (Lipinski definition) is 2. The molecule has 0 saturated carbocycles. The number of sulfone groups is 1. The SMILES string of the molecule is COc1cccc(NC(=O)Cn2nc(SC)c(S(C)(=O)=O)c2N)c1. The fourth-order valence-corrected chi connectivity index (χ4v) is 4.09. The molecular weight excluding hydrogens is 352 g/mol. The highest BCUT2D eigenvalue weighted by molar-refractivity contribution is 7.99. The molecule has 8 nitrogen and oxygen atoms in total. The lowest BCUT2D eigenvalue weighted by Crippen LogP contribution is -2.21. The Morgan fingerprint density at radius 3 is 2.71 bits per heavy atom. The molecule has 0 unspecified atom stereocenters. The first-order valence-electron chi connectivity index (χ1n) is 6.80. The van der Waals surface area contributed by atoms with Gasteiger partial charge < -0.3 is 15.8 Å². The Balaban J connectivity index is 2.22. The molecule has 1 heterocycles. The zero-order valence-corrected chi connectivity index (χ0v) is 15.1. The normalized spacial score (nSPS) is 11.3. The van der Waals surface area contributed by atoms with Crippen molar-refractivity contribution in [3.05, 3.63) is 24.3 Å². The fourth-order valence-electron chi connectivity index (χ4n) is 2.08. The van der Waals surface area contributed by atoms with E-state index in [9.17, 15) is 13.2 Å². The zero-order chi connectivity index (χ0) is 17.9. The van der Waals surface area contributed by atoms with Crippen LogP contribution in [0.3, 0.4) is 0 Å². The maximum atomic E-state index is 12.2. The minimum Gasteiger partial charge on any atom is -0.497 e. The number of nitrogens with one attached hydrogen (secondary N) is 1. The third-order valence-corrected chi connectivity index (χ3v) is 5.07. The lowest BCUT2D eigenvalue weighted by Gasteiger charge is -2.08. The van der Waals surface area contributed by atoms with Crippen molar-refractivity contribution in [2.75, 3.05) is 30.7 Å². The Bertz CT molecular complexity index is 862. The molecule has 0 atom stereocenters. The van der Waals surface area contributed by atoms with Crippen LogP contribution in [0.2, 0.25) is 0 Å². The van der Waals surface area contributed by atoms with Crippen molar-refractivity contribution in [1.82, 2.24) is 9.78 Å². The van der Waals surface area contributed by atoms with Crippen molar-refractivity contribution in [1.29, 1.82) is 0 Å². The summed E-state index contributed by atoms with van der Waals surface area (Å²) in [6.07, 6.45) is 2.75. The maximum Gasteiger partial charge on any atom is 0.246 e. The molecule has 2 rings (SSSR count). The van der Waals surface area contributed by atoms with Crippen LogP contribution in [0, 0.1) is 0 Å². The monoisotopic (exact) mass is 370 g/mol. The highest BCUT2D eigenvalue weighted by Gasteiger charge is 2.24. The summed E-state index contributed by atoms with van der Waals surface area (Å²) < 4.78 is 29.9. The van der Waals surface area contributed by atoms with Crippen molar-refractivity contribution >= 4 is 39.0 Å². The third kappa shape index (κ3) is 4.01. The number of nitrogens with zero attached hydrogens (tertiary/aromatic N) is 2. The Morgan fingerprint density at radius 1 is 1.46 bits per heavy atom. The van der Waals surface area contributed by atoms with Gasteiger partial charge in [-0.25, -0.2) is 13.1 Å². The van der Waals surface area contributed by atoms with Crippen LogP contribution in [0.5, 0.6) is 5.75 Å². The molecule has 130 valence electrons. The molecule has 0 fully saturated rings. The van der Waals surface area contributed by atoms with E-state index in [1.165, 1.54) is 11.8 Å². The number of ether oxygens (including phenoxy) is 1. The smallest absolute Gasteiger partial charge is 0.246 e. The number of nitrogen functional groups attached to an aromatic ring is 1. The second-order valence-corrected chi connectivity index (χ2v) is 7.68. The van der Waals surface area contributed by atoms with Gasteiger partial charge >= 0.3 is 0 Å². The number of hydrogen-bond acceptors (Lipinski definition) is 7. The molecule has 0 spiro atoms. The van der Waals surface area contributed by atoms with E-state index in [1.54, 1.807) is 30.5 Å². The summed E-state index contributed by atoms with van der Waals surface area (Å²) in [5.41, 5.74) is 6.42. The highest BCUT2D eigenvalue weighted by Crippen LogP contribution is 2.29. The van der Waals surface area contributed by atoms with E-state index in [0.717, 1.165) is 18.0 Å². The fraction of sp³-hybridized carbons (Fsp3) is 0.286. The van der Waals surface area contributed by atoms with Gasteiger partial charge in [-0.1, -0.05) is 6.07 Å². The van der Waals surface area contributed by atoms with Gasteiger partial charge in [-0.3, -0.25) is 4.79 Å². The van der Waals surface area contributed by atoms with Crippen molar-refractivity contribution in [2.45, 2.75) is 16.5 Å². The van der Waals surface area contributed by atoms with E-state index >= 15 is 0 Å². The van der Waals surface area contributed by atoms with Crippen LogP contribution in [0.15, 0.2) is 34.2 Å². The predicted octanol–water partition coefficient (Wildman–Crippen LogP) is 1.24. The number of anilines is 2. The summed E-state index contributed by atoms with van der Waals surface area (Å²) in [6.45, 7) is -0.202. The summed E-state index contributed by atoms with van der Waals surface area (Å²) in [6, 6.07) is 6.87.